The summed E-state index contributed by atoms with van der Waals surface area (Å²) in [6.45, 7) is 3.61. The molecule has 58 valence electrons. The average Bonchev–Trinajstić information content (AvgIpc) is 2.04. The number of aromatic nitrogens is 1. The lowest BCUT2D eigenvalue weighted by Crippen LogP contribution is -1.98. The van der Waals surface area contributed by atoms with Crippen LogP contribution in [0, 0.1) is 0 Å². The van der Waals surface area contributed by atoms with Crippen LogP contribution in [-0.4, -0.2) is 12.0 Å². The third kappa shape index (κ3) is 1.49. The molecule has 3 N–H and O–H groups in total. The van der Waals surface area contributed by atoms with Crippen LogP contribution in [0.1, 0.15) is 5.56 Å². The quantitative estimate of drug-likeness (QED) is 0.667. The number of nitrogens with one attached hydrogen (secondary N) is 1. The standard InChI is InChI=1S/C8H11N3/c1-3-6-4-7(9)8(10-2)11-5-6/h3-5H,1,9H2,2H3,(H,10,11). The van der Waals surface area contributed by atoms with Crippen LogP contribution in [0.3, 0.4) is 0 Å². The van der Waals surface area contributed by atoms with E-state index in [1.165, 1.54) is 0 Å². The second-order valence-electron chi connectivity index (χ2n) is 2.16. The van der Waals surface area contributed by atoms with Crippen molar-refractivity contribution in [2.24, 2.45) is 0 Å². The van der Waals surface area contributed by atoms with E-state index < -0.39 is 0 Å². The van der Waals surface area contributed by atoms with Crippen molar-refractivity contribution >= 4 is 17.6 Å². The Morgan fingerprint density at radius 1 is 1.73 bits per heavy atom. The van der Waals surface area contributed by atoms with E-state index in [2.05, 4.69) is 16.9 Å². The summed E-state index contributed by atoms with van der Waals surface area (Å²) in [5.74, 6) is 0.704. The highest BCUT2D eigenvalue weighted by molar-refractivity contribution is 5.65. The molecular weight excluding hydrogens is 138 g/mol. The third-order valence-electron chi connectivity index (χ3n) is 1.41. The van der Waals surface area contributed by atoms with Crippen molar-refractivity contribution < 1.29 is 0 Å². The number of nitrogens with two attached hydrogens (primary N) is 1. The second-order valence-corrected chi connectivity index (χ2v) is 2.16. The normalized spacial score (nSPS) is 9.18. The molecule has 1 rings (SSSR count). The number of rotatable bonds is 2. The zero-order valence-electron chi connectivity index (χ0n) is 6.46. The first-order chi connectivity index (χ1) is 5.27. The Labute approximate surface area is 65.9 Å². The van der Waals surface area contributed by atoms with Gasteiger partial charge in [0.25, 0.3) is 0 Å². The first-order valence-corrected chi connectivity index (χ1v) is 3.33. The van der Waals surface area contributed by atoms with Crippen molar-refractivity contribution in [1.29, 1.82) is 0 Å². The van der Waals surface area contributed by atoms with E-state index in [0.29, 0.717) is 11.5 Å². The van der Waals surface area contributed by atoms with Crippen molar-refractivity contribution in [3.8, 4) is 0 Å². The molecule has 0 fully saturated rings. The maximum atomic E-state index is 5.63. The molecule has 1 aromatic rings. The van der Waals surface area contributed by atoms with Crippen LogP contribution in [0.25, 0.3) is 6.08 Å². The van der Waals surface area contributed by atoms with E-state index in [-0.39, 0.29) is 0 Å². The van der Waals surface area contributed by atoms with Gasteiger partial charge in [-0.1, -0.05) is 12.7 Å². The number of hydrogen-bond acceptors (Lipinski definition) is 3. The fraction of sp³-hybridized carbons (Fsp3) is 0.125. The summed E-state index contributed by atoms with van der Waals surface area (Å²) >= 11 is 0. The summed E-state index contributed by atoms with van der Waals surface area (Å²) in [7, 11) is 1.78. The molecule has 11 heavy (non-hydrogen) atoms. The number of nitrogen functional groups attached to an aromatic ring is 1. The molecule has 0 saturated heterocycles. The molecule has 1 aromatic heterocycles. The lowest BCUT2D eigenvalue weighted by atomic mass is 10.2. The van der Waals surface area contributed by atoms with Gasteiger partial charge in [-0.25, -0.2) is 4.98 Å². The van der Waals surface area contributed by atoms with E-state index in [4.69, 9.17) is 5.73 Å². The van der Waals surface area contributed by atoms with Crippen LogP contribution in [0.15, 0.2) is 18.8 Å². The van der Waals surface area contributed by atoms with E-state index >= 15 is 0 Å². The van der Waals surface area contributed by atoms with Gasteiger partial charge in [0.1, 0.15) is 5.82 Å². The molecular formula is C8H11N3. The zero-order valence-corrected chi connectivity index (χ0v) is 6.46. The van der Waals surface area contributed by atoms with Crippen molar-refractivity contribution in [2.45, 2.75) is 0 Å². The summed E-state index contributed by atoms with van der Waals surface area (Å²) in [6, 6.07) is 1.83. The predicted molar refractivity (Wildman–Crippen MR) is 48.3 cm³/mol. The summed E-state index contributed by atoms with van der Waals surface area (Å²) < 4.78 is 0. The minimum atomic E-state index is 0.643. The molecule has 0 aliphatic heterocycles. The molecule has 0 aliphatic carbocycles. The van der Waals surface area contributed by atoms with Crippen molar-refractivity contribution in [1.82, 2.24) is 4.98 Å². The molecule has 0 radical (unpaired) electrons. The molecule has 0 amide bonds. The van der Waals surface area contributed by atoms with Crippen molar-refractivity contribution in [3.63, 3.8) is 0 Å². The number of anilines is 2. The molecule has 0 bridgehead atoms. The van der Waals surface area contributed by atoms with Crippen molar-refractivity contribution in [3.05, 3.63) is 24.4 Å². The van der Waals surface area contributed by atoms with Gasteiger partial charge in [-0.05, 0) is 11.6 Å². The van der Waals surface area contributed by atoms with Gasteiger partial charge in [0, 0.05) is 13.2 Å². The summed E-state index contributed by atoms with van der Waals surface area (Å²) in [5, 5.41) is 2.88. The fourth-order valence-electron chi connectivity index (χ4n) is 0.819. The maximum absolute atomic E-state index is 5.63. The van der Waals surface area contributed by atoms with Gasteiger partial charge in [-0.2, -0.15) is 0 Å². The summed E-state index contributed by atoms with van der Waals surface area (Å²) in [5.41, 5.74) is 7.21. The van der Waals surface area contributed by atoms with Crippen LogP contribution in [-0.2, 0) is 0 Å². The Morgan fingerprint density at radius 3 is 2.91 bits per heavy atom. The molecule has 3 heteroatoms. The minimum absolute atomic E-state index is 0.643. The Bertz CT molecular complexity index is 268. The molecule has 0 aromatic carbocycles. The number of hydrogen-bond donors (Lipinski definition) is 2. The SMILES string of the molecule is C=Cc1cnc(NC)c(N)c1. The maximum Gasteiger partial charge on any atom is 0.148 e. The Hall–Kier alpha value is -1.51. The predicted octanol–water partition coefficient (Wildman–Crippen LogP) is 1.35. The highest BCUT2D eigenvalue weighted by Crippen LogP contribution is 2.15. The molecule has 0 unspecified atom stereocenters. The van der Waals surface area contributed by atoms with Crippen LogP contribution in [0.2, 0.25) is 0 Å². The van der Waals surface area contributed by atoms with Crippen molar-refractivity contribution in [2.75, 3.05) is 18.1 Å². The van der Waals surface area contributed by atoms with Crippen LogP contribution in [0.5, 0.6) is 0 Å². The zero-order chi connectivity index (χ0) is 8.27. The smallest absolute Gasteiger partial charge is 0.148 e. The van der Waals surface area contributed by atoms with Gasteiger partial charge in [0.2, 0.25) is 0 Å². The molecule has 0 aliphatic rings. The van der Waals surface area contributed by atoms with E-state index in [0.717, 1.165) is 5.56 Å². The lowest BCUT2D eigenvalue weighted by molar-refractivity contribution is 1.28. The van der Waals surface area contributed by atoms with Crippen LogP contribution in [0.4, 0.5) is 11.5 Å². The third-order valence-corrected chi connectivity index (χ3v) is 1.41. The molecule has 1 heterocycles. The van der Waals surface area contributed by atoms with E-state index in [1.807, 2.05) is 6.07 Å². The van der Waals surface area contributed by atoms with E-state index in [1.54, 1.807) is 19.3 Å². The van der Waals surface area contributed by atoms with Gasteiger partial charge in [-0.3, -0.25) is 0 Å². The highest BCUT2D eigenvalue weighted by Gasteiger charge is 1.96. The monoisotopic (exact) mass is 149 g/mol. The molecule has 0 saturated carbocycles. The Balaban J connectivity index is 3.09. The highest BCUT2D eigenvalue weighted by atomic mass is 15.0. The first-order valence-electron chi connectivity index (χ1n) is 3.33. The summed E-state index contributed by atoms with van der Waals surface area (Å²) in [4.78, 5) is 4.06. The molecule has 0 atom stereocenters. The van der Waals surface area contributed by atoms with Gasteiger partial charge in [0.05, 0.1) is 5.69 Å². The van der Waals surface area contributed by atoms with Gasteiger partial charge >= 0.3 is 0 Å². The first kappa shape index (κ1) is 7.60. The second kappa shape index (κ2) is 3.05. The van der Waals surface area contributed by atoms with Gasteiger partial charge in [0.15, 0.2) is 0 Å². The largest absolute Gasteiger partial charge is 0.396 e. The fourth-order valence-corrected chi connectivity index (χ4v) is 0.819. The average molecular weight is 149 g/mol. The molecule has 0 spiro atoms. The van der Waals surface area contributed by atoms with Crippen LogP contribution >= 0.6 is 0 Å². The Morgan fingerprint density at radius 2 is 2.45 bits per heavy atom. The van der Waals surface area contributed by atoms with Gasteiger partial charge in [-0.15, -0.1) is 0 Å². The number of pyridine rings is 1. The number of nitrogens with zero attached hydrogens (tertiary/aromatic N) is 1. The minimum Gasteiger partial charge on any atom is -0.396 e. The Kier molecular flexibility index (Phi) is 2.11. The van der Waals surface area contributed by atoms with E-state index in [9.17, 15) is 0 Å². The molecule has 3 nitrogen and oxygen atoms in total. The van der Waals surface area contributed by atoms with Gasteiger partial charge < -0.3 is 11.1 Å². The summed E-state index contributed by atoms with van der Waals surface area (Å²) in [6.07, 6.45) is 3.43. The topological polar surface area (TPSA) is 50.9 Å². The lowest BCUT2D eigenvalue weighted by Gasteiger charge is -2.03. The van der Waals surface area contributed by atoms with Crippen LogP contribution < -0.4 is 11.1 Å².